The second kappa shape index (κ2) is 3.10. The van der Waals surface area contributed by atoms with E-state index in [0.717, 1.165) is 10.9 Å². The summed E-state index contributed by atoms with van der Waals surface area (Å²) in [5, 5.41) is 1.01. The van der Waals surface area contributed by atoms with E-state index >= 15 is 0 Å². The summed E-state index contributed by atoms with van der Waals surface area (Å²) in [4.78, 5) is 14.9. The van der Waals surface area contributed by atoms with Gasteiger partial charge >= 0.3 is 0 Å². The molecule has 0 atom stereocenters. The predicted molar refractivity (Wildman–Crippen MR) is 65.6 cm³/mol. The Bertz CT molecular complexity index is 700. The number of benzene rings is 2. The lowest BCUT2D eigenvalue weighted by Crippen LogP contribution is -2.08. The molecule has 3 rings (SSSR count). The van der Waals surface area contributed by atoms with Gasteiger partial charge in [0.25, 0.3) is 0 Å². The molecule has 0 amide bonds. The molecule has 0 aromatic heterocycles. The number of nitrogens with two attached hydrogens (primary N) is 1. The number of H-pyrrole nitrogens is 1. The van der Waals surface area contributed by atoms with E-state index < -0.39 is 0 Å². The number of anilines is 1. The van der Waals surface area contributed by atoms with Crippen molar-refractivity contribution in [1.82, 2.24) is 4.98 Å². The van der Waals surface area contributed by atoms with Crippen LogP contribution in [0.15, 0.2) is 47.3 Å². The number of nitrogens with one attached hydrogen (secondary N) is 1. The average molecular weight is 210 g/mol. The summed E-state index contributed by atoms with van der Waals surface area (Å²) in [7, 11) is 0. The quantitative estimate of drug-likeness (QED) is 0.441. The fraction of sp³-hybridized carbons (Fsp3) is 0. The molecule has 0 fully saturated rings. The van der Waals surface area contributed by atoms with Crippen molar-refractivity contribution in [3.8, 4) is 11.3 Å². The van der Waals surface area contributed by atoms with Gasteiger partial charge in [0.2, 0.25) is 0 Å². The van der Waals surface area contributed by atoms with Gasteiger partial charge in [-0.1, -0.05) is 18.2 Å². The zero-order valence-corrected chi connectivity index (χ0v) is 8.53. The minimum atomic E-state index is -0.00815. The molecule has 16 heavy (non-hydrogen) atoms. The Hall–Kier alpha value is -2.29. The largest absolute Gasteiger partial charge is 0.397 e. The summed E-state index contributed by atoms with van der Waals surface area (Å²) in [6.07, 6.45) is 0. The molecule has 1 aliphatic carbocycles. The first-order chi connectivity index (χ1) is 7.75. The molecule has 0 spiro atoms. The number of aromatic nitrogens is 1. The van der Waals surface area contributed by atoms with E-state index in [0.29, 0.717) is 16.9 Å². The van der Waals surface area contributed by atoms with E-state index in [4.69, 9.17) is 5.73 Å². The second-order valence-corrected chi connectivity index (χ2v) is 3.80. The summed E-state index contributed by atoms with van der Waals surface area (Å²) < 4.78 is 0. The van der Waals surface area contributed by atoms with Crippen molar-refractivity contribution in [3.63, 3.8) is 0 Å². The van der Waals surface area contributed by atoms with Gasteiger partial charge in [0, 0.05) is 11.1 Å². The van der Waals surface area contributed by atoms with Crippen LogP contribution in [0.2, 0.25) is 0 Å². The normalized spacial score (nSPS) is 11.0. The van der Waals surface area contributed by atoms with E-state index in [1.54, 1.807) is 6.07 Å². The van der Waals surface area contributed by atoms with Crippen molar-refractivity contribution >= 4 is 16.6 Å². The molecule has 0 saturated carbocycles. The van der Waals surface area contributed by atoms with Gasteiger partial charge in [-0.2, -0.15) is 0 Å². The molecule has 1 aromatic rings. The van der Waals surface area contributed by atoms with Crippen LogP contribution in [-0.2, 0) is 0 Å². The van der Waals surface area contributed by atoms with Crippen LogP contribution in [0.25, 0.3) is 22.2 Å². The van der Waals surface area contributed by atoms with Crippen LogP contribution in [0.1, 0.15) is 0 Å². The molecule has 3 N–H and O–H groups in total. The van der Waals surface area contributed by atoms with Gasteiger partial charge in [-0.25, -0.2) is 0 Å². The van der Waals surface area contributed by atoms with Crippen molar-refractivity contribution < 1.29 is 0 Å². The highest BCUT2D eigenvalue weighted by Gasteiger charge is 2.10. The molecule has 3 nitrogen and oxygen atoms in total. The van der Waals surface area contributed by atoms with E-state index in [9.17, 15) is 4.79 Å². The maximum Gasteiger partial charge on any atom is 0.188 e. The highest BCUT2D eigenvalue weighted by molar-refractivity contribution is 5.88. The maximum absolute atomic E-state index is 11.7. The number of nitrogen functional groups attached to an aromatic ring is 1. The maximum atomic E-state index is 11.7. The topological polar surface area (TPSA) is 58.9 Å². The van der Waals surface area contributed by atoms with Crippen molar-refractivity contribution in [3.05, 3.63) is 52.7 Å². The van der Waals surface area contributed by atoms with Crippen LogP contribution in [0.4, 0.5) is 5.69 Å². The summed E-state index contributed by atoms with van der Waals surface area (Å²) in [6.45, 7) is 0. The molecule has 1 heterocycles. The predicted octanol–water partition coefficient (Wildman–Crippen LogP) is 2.22. The van der Waals surface area contributed by atoms with E-state index in [1.807, 2.05) is 30.3 Å². The van der Waals surface area contributed by atoms with Crippen molar-refractivity contribution in [2.24, 2.45) is 0 Å². The average Bonchev–Trinajstić information content (AvgIpc) is 2.32. The molecule has 0 bridgehead atoms. The van der Waals surface area contributed by atoms with Crippen LogP contribution < -0.4 is 11.2 Å². The Morgan fingerprint density at radius 3 is 2.75 bits per heavy atom. The van der Waals surface area contributed by atoms with Crippen LogP contribution in [-0.4, -0.2) is 4.98 Å². The van der Waals surface area contributed by atoms with E-state index in [-0.39, 0.29) is 5.43 Å². The molecule has 0 unspecified atom stereocenters. The number of fused-ring (bicyclic) bond motifs is 2. The Labute approximate surface area is 91.9 Å². The van der Waals surface area contributed by atoms with Crippen molar-refractivity contribution in [1.29, 1.82) is 0 Å². The first-order valence-corrected chi connectivity index (χ1v) is 5.06. The van der Waals surface area contributed by atoms with E-state index in [1.165, 1.54) is 6.07 Å². The molecule has 0 radical (unpaired) electrons. The van der Waals surface area contributed by atoms with Gasteiger partial charge in [-0.05, 0) is 29.7 Å². The smallest absolute Gasteiger partial charge is 0.188 e. The molecular formula is C13H10N2O. The summed E-state index contributed by atoms with van der Waals surface area (Å²) in [5.74, 6) is 0. The van der Waals surface area contributed by atoms with Crippen LogP contribution in [0.5, 0.6) is 0 Å². The first-order valence-electron chi connectivity index (χ1n) is 5.06. The summed E-state index contributed by atoms with van der Waals surface area (Å²) in [6, 6.07) is 12.8. The molecular weight excluding hydrogens is 200 g/mol. The summed E-state index contributed by atoms with van der Waals surface area (Å²) in [5.41, 5.74) is 8.77. The fourth-order valence-corrected chi connectivity index (χ4v) is 1.93. The molecule has 78 valence electrons. The minimum absolute atomic E-state index is 0.00815. The van der Waals surface area contributed by atoms with Crippen LogP contribution in [0.3, 0.4) is 0 Å². The number of aromatic amines is 1. The lowest BCUT2D eigenvalue weighted by atomic mass is 10.0. The Morgan fingerprint density at radius 2 is 1.88 bits per heavy atom. The number of hydrogen-bond acceptors (Lipinski definition) is 2. The molecule has 3 heteroatoms. The molecule has 1 aliphatic heterocycles. The standard InChI is InChI=1S/C13H10N2O/c14-10-5-6-12(16)9-7-8-3-1-2-4-11(8)15-13(9)10/h1-7,15H,14H2. The number of hydrogen-bond donors (Lipinski definition) is 2. The van der Waals surface area contributed by atoms with Gasteiger partial charge in [-0.3, -0.25) is 4.79 Å². The molecule has 1 aromatic carbocycles. The third-order valence-corrected chi connectivity index (χ3v) is 2.76. The number of pyridine rings is 1. The van der Waals surface area contributed by atoms with Gasteiger partial charge < -0.3 is 10.7 Å². The van der Waals surface area contributed by atoms with Crippen molar-refractivity contribution in [2.45, 2.75) is 0 Å². The monoisotopic (exact) mass is 210 g/mol. The van der Waals surface area contributed by atoms with Crippen molar-refractivity contribution in [2.75, 3.05) is 5.73 Å². The number of para-hydroxylation sites is 1. The molecule has 0 saturated heterocycles. The molecule has 2 aliphatic rings. The Kier molecular flexibility index (Phi) is 1.74. The summed E-state index contributed by atoms with van der Waals surface area (Å²) >= 11 is 0. The third kappa shape index (κ3) is 1.18. The van der Waals surface area contributed by atoms with E-state index in [2.05, 4.69) is 4.98 Å². The van der Waals surface area contributed by atoms with Crippen LogP contribution in [0, 0.1) is 0 Å². The van der Waals surface area contributed by atoms with Gasteiger partial charge in [0.1, 0.15) is 0 Å². The van der Waals surface area contributed by atoms with Crippen LogP contribution >= 0.6 is 0 Å². The lowest BCUT2D eigenvalue weighted by Gasteiger charge is -2.09. The number of rotatable bonds is 0. The first kappa shape index (κ1) is 8.97. The zero-order valence-electron chi connectivity index (χ0n) is 8.53. The zero-order chi connectivity index (χ0) is 11.1. The lowest BCUT2D eigenvalue weighted by molar-refractivity contribution is 1.37. The Morgan fingerprint density at radius 1 is 1.06 bits per heavy atom. The second-order valence-electron chi connectivity index (χ2n) is 3.80. The minimum Gasteiger partial charge on any atom is -0.397 e. The highest BCUT2D eigenvalue weighted by Crippen LogP contribution is 2.26. The van der Waals surface area contributed by atoms with Gasteiger partial charge in [0.05, 0.1) is 11.4 Å². The SMILES string of the molecule is Nc1ccc(=O)c2cc3ccccc3[nH]c1-2. The Balaban J connectivity index is 2.56. The highest BCUT2D eigenvalue weighted by atomic mass is 16.1. The van der Waals surface area contributed by atoms with Gasteiger partial charge in [0.15, 0.2) is 5.43 Å². The van der Waals surface area contributed by atoms with Gasteiger partial charge in [-0.15, -0.1) is 0 Å². The third-order valence-electron chi connectivity index (χ3n) is 2.76. The fourth-order valence-electron chi connectivity index (χ4n) is 1.93.